The summed E-state index contributed by atoms with van der Waals surface area (Å²) in [5.41, 5.74) is 5.14. The Morgan fingerprint density at radius 2 is 1.82 bits per heavy atom. The minimum absolute atomic E-state index is 0.00556. The lowest BCUT2D eigenvalue weighted by molar-refractivity contribution is -0.138. The van der Waals surface area contributed by atoms with Crippen LogP contribution >= 0.6 is 0 Å². The number of hydrogen-bond donors (Lipinski definition) is 1. The monoisotopic (exact) mass is 246 g/mol. The Morgan fingerprint density at radius 1 is 1.24 bits per heavy atom. The first-order valence-electron chi connectivity index (χ1n) is 5.52. The van der Waals surface area contributed by atoms with E-state index in [0.717, 1.165) is 6.07 Å². The number of nitrogens with zero attached hydrogens (tertiary/aromatic N) is 1. The van der Waals surface area contributed by atoms with E-state index in [9.17, 15) is 13.2 Å². The van der Waals surface area contributed by atoms with Gasteiger partial charge < -0.3 is 5.73 Å². The lowest BCUT2D eigenvalue weighted by Crippen LogP contribution is -2.31. The van der Waals surface area contributed by atoms with E-state index in [0.29, 0.717) is 0 Å². The van der Waals surface area contributed by atoms with Crippen molar-refractivity contribution in [2.75, 3.05) is 0 Å². The molecule has 2 atom stereocenters. The molecule has 17 heavy (non-hydrogen) atoms. The summed E-state index contributed by atoms with van der Waals surface area (Å²) in [6.07, 6.45) is -3.01. The van der Waals surface area contributed by atoms with E-state index in [1.807, 2.05) is 13.8 Å². The van der Waals surface area contributed by atoms with Gasteiger partial charge in [0.15, 0.2) is 0 Å². The van der Waals surface area contributed by atoms with Crippen LogP contribution in [0.15, 0.2) is 18.3 Å². The van der Waals surface area contributed by atoms with E-state index >= 15 is 0 Å². The van der Waals surface area contributed by atoms with Crippen molar-refractivity contribution in [2.24, 2.45) is 11.7 Å². The van der Waals surface area contributed by atoms with Gasteiger partial charge in [-0.25, -0.2) is 0 Å². The second-order valence-corrected chi connectivity index (χ2v) is 4.56. The van der Waals surface area contributed by atoms with Crippen molar-refractivity contribution in [3.8, 4) is 0 Å². The lowest BCUT2D eigenvalue weighted by Gasteiger charge is -2.26. The van der Waals surface area contributed by atoms with Gasteiger partial charge in [-0.2, -0.15) is 13.2 Å². The summed E-state index contributed by atoms with van der Waals surface area (Å²) in [6, 6.07) is 1.98. The zero-order valence-corrected chi connectivity index (χ0v) is 10.1. The van der Waals surface area contributed by atoms with Gasteiger partial charge in [-0.05, 0) is 25.0 Å². The van der Waals surface area contributed by atoms with E-state index < -0.39 is 17.7 Å². The van der Waals surface area contributed by atoms with E-state index in [-0.39, 0.29) is 17.7 Å². The lowest BCUT2D eigenvalue weighted by atomic mass is 9.84. The van der Waals surface area contributed by atoms with Gasteiger partial charge in [-0.15, -0.1) is 0 Å². The Bertz CT molecular complexity index is 364. The molecule has 96 valence electrons. The predicted molar refractivity (Wildman–Crippen MR) is 60.5 cm³/mol. The summed E-state index contributed by atoms with van der Waals surface area (Å²) in [4.78, 5) is 3.89. The molecular weight excluding hydrogens is 229 g/mol. The second kappa shape index (κ2) is 5.04. The van der Waals surface area contributed by atoms with Crippen LogP contribution in [-0.2, 0) is 6.18 Å². The molecule has 0 aliphatic carbocycles. The van der Waals surface area contributed by atoms with E-state index in [4.69, 9.17) is 5.73 Å². The normalized spacial score (nSPS) is 16.0. The molecule has 0 amide bonds. The Balaban J connectivity index is 3.29. The minimum Gasteiger partial charge on any atom is -0.327 e. The molecule has 0 fully saturated rings. The molecule has 0 saturated carbocycles. The average molecular weight is 246 g/mol. The molecule has 0 aliphatic heterocycles. The number of aromatic nitrogens is 1. The minimum atomic E-state index is -4.38. The van der Waals surface area contributed by atoms with Gasteiger partial charge in [-0.1, -0.05) is 13.8 Å². The molecule has 1 rings (SSSR count). The third-order valence-electron chi connectivity index (χ3n) is 2.74. The molecule has 0 aliphatic rings. The summed E-state index contributed by atoms with van der Waals surface area (Å²) >= 11 is 0. The van der Waals surface area contributed by atoms with Crippen LogP contribution in [0.2, 0.25) is 0 Å². The van der Waals surface area contributed by atoms with Gasteiger partial charge >= 0.3 is 6.18 Å². The Labute approximate surface area is 99.0 Å². The number of nitrogens with two attached hydrogens (primary N) is 1. The predicted octanol–water partition coefficient (Wildman–Crippen LogP) is 3.19. The van der Waals surface area contributed by atoms with Gasteiger partial charge in [0.25, 0.3) is 0 Å². The maximum absolute atomic E-state index is 12.9. The number of alkyl halides is 3. The van der Waals surface area contributed by atoms with Crippen LogP contribution in [-0.4, -0.2) is 11.0 Å². The van der Waals surface area contributed by atoms with Crippen molar-refractivity contribution in [1.82, 2.24) is 4.98 Å². The molecular formula is C12H17F3N2. The third-order valence-corrected chi connectivity index (χ3v) is 2.74. The highest BCUT2D eigenvalue weighted by molar-refractivity contribution is 5.27. The van der Waals surface area contributed by atoms with Gasteiger partial charge in [-0.3, -0.25) is 4.98 Å². The summed E-state index contributed by atoms with van der Waals surface area (Å²) in [5.74, 6) is -0.390. The smallest absolute Gasteiger partial charge is 0.327 e. The molecule has 0 aromatic carbocycles. The molecule has 0 saturated heterocycles. The van der Waals surface area contributed by atoms with Gasteiger partial charge in [0.05, 0.1) is 11.3 Å². The fourth-order valence-corrected chi connectivity index (χ4v) is 2.09. The fraction of sp³-hybridized carbons (Fsp3) is 0.583. The fourth-order valence-electron chi connectivity index (χ4n) is 2.09. The molecule has 2 N–H and O–H groups in total. The van der Waals surface area contributed by atoms with Crippen LogP contribution in [0.5, 0.6) is 0 Å². The van der Waals surface area contributed by atoms with E-state index in [2.05, 4.69) is 4.98 Å². The maximum atomic E-state index is 12.9. The molecule has 1 heterocycles. The first-order chi connectivity index (χ1) is 7.75. The summed E-state index contributed by atoms with van der Waals surface area (Å²) in [7, 11) is 0. The maximum Gasteiger partial charge on any atom is 0.418 e. The molecule has 2 nitrogen and oxygen atoms in total. The van der Waals surface area contributed by atoms with Crippen molar-refractivity contribution in [3.05, 3.63) is 29.6 Å². The van der Waals surface area contributed by atoms with Crippen LogP contribution in [0.3, 0.4) is 0 Å². The first-order valence-corrected chi connectivity index (χ1v) is 5.52. The van der Waals surface area contributed by atoms with Crippen molar-refractivity contribution in [2.45, 2.75) is 38.9 Å². The summed E-state index contributed by atoms with van der Waals surface area (Å²) in [6.45, 7) is 5.41. The van der Waals surface area contributed by atoms with Crippen molar-refractivity contribution < 1.29 is 13.2 Å². The Kier molecular flexibility index (Phi) is 4.14. The molecule has 1 aromatic heterocycles. The van der Waals surface area contributed by atoms with Crippen LogP contribution in [0, 0.1) is 5.92 Å². The van der Waals surface area contributed by atoms with Crippen molar-refractivity contribution >= 4 is 0 Å². The first kappa shape index (κ1) is 14.0. The third kappa shape index (κ3) is 3.19. The number of hydrogen-bond acceptors (Lipinski definition) is 2. The average Bonchev–Trinajstić information content (AvgIpc) is 2.15. The number of rotatable bonds is 3. The molecule has 1 aromatic rings. The van der Waals surface area contributed by atoms with Crippen LogP contribution in [0.25, 0.3) is 0 Å². The quantitative estimate of drug-likeness (QED) is 0.889. The van der Waals surface area contributed by atoms with Crippen molar-refractivity contribution in [3.63, 3.8) is 0 Å². The Morgan fingerprint density at radius 3 is 2.24 bits per heavy atom. The zero-order valence-electron chi connectivity index (χ0n) is 10.1. The second-order valence-electron chi connectivity index (χ2n) is 4.56. The largest absolute Gasteiger partial charge is 0.418 e. The highest BCUT2D eigenvalue weighted by Gasteiger charge is 2.37. The molecule has 5 heteroatoms. The molecule has 0 spiro atoms. The topological polar surface area (TPSA) is 38.9 Å². The molecule has 2 unspecified atom stereocenters. The standard InChI is InChI=1S/C12H17F3N2/c1-7(2)10(8(3)16)11-9(12(13,14)15)5-4-6-17-11/h4-8,10H,16H2,1-3H3. The molecule has 0 bridgehead atoms. The number of halogens is 3. The zero-order chi connectivity index (χ0) is 13.2. The van der Waals surface area contributed by atoms with Crippen LogP contribution in [0.4, 0.5) is 13.2 Å². The van der Waals surface area contributed by atoms with E-state index in [1.165, 1.54) is 12.3 Å². The van der Waals surface area contributed by atoms with Crippen molar-refractivity contribution in [1.29, 1.82) is 0 Å². The SMILES string of the molecule is CC(C)C(c1ncccc1C(F)(F)F)C(C)N. The highest BCUT2D eigenvalue weighted by atomic mass is 19.4. The Hall–Kier alpha value is -1.10. The summed E-state index contributed by atoms with van der Waals surface area (Å²) < 4.78 is 38.6. The van der Waals surface area contributed by atoms with Crippen LogP contribution in [0.1, 0.15) is 37.9 Å². The highest BCUT2D eigenvalue weighted by Crippen LogP contribution is 2.37. The van der Waals surface area contributed by atoms with Gasteiger partial charge in [0.2, 0.25) is 0 Å². The number of pyridine rings is 1. The van der Waals surface area contributed by atoms with Gasteiger partial charge in [0.1, 0.15) is 0 Å². The van der Waals surface area contributed by atoms with Gasteiger partial charge in [0, 0.05) is 18.2 Å². The van der Waals surface area contributed by atoms with E-state index in [1.54, 1.807) is 6.92 Å². The summed E-state index contributed by atoms with van der Waals surface area (Å²) in [5, 5.41) is 0. The molecule has 0 radical (unpaired) electrons. The van der Waals surface area contributed by atoms with Crippen LogP contribution < -0.4 is 5.73 Å².